The minimum atomic E-state index is 0.355. The van der Waals surface area contributed by atoms with Gasteiger partial charge in [0.1, 0.15) is 10.8 Å². The van der Waals surface area contributed by atoms with E-state index in [4.69, 9.17) is 22.5 Å². The molecule has 0 aliphatic carbocycles. The first-order valence-electron chi connectivity index (χ1n) is 6.43. The zero-order valence-corrected chi connectivity index (χ0v) is 11.9. The number of para-hydroxylation sites is 1. The first-order chi connectivity index (χ1) is 10.2. The molecule has 3 rings (SSSR count). The van der Waals surface area contributed by atoms with E-state index >= 15 is 0 Å². The Bertz CT molecular complexity index is 772. The van der Waals surface area contributed by atoms with Crippen LogP contribution in [0, 0.1) is 0 Å². The molecule has 0 bridgehead atoms. The van der Waals surface area contributed by atoms with Gasteiger partial charge in [-0.15, -0.1) is 0 Å². The molecule has 0 radical (unpaired) electrons. The Kier molecular flexibility index (Phi) is 3.74. The van der Waals surface area contributed by atoms with Crippen LogP contribution in [0.15, 0.2) is 41.2 Å². The lowest BCUT2D eigenvalue weighted by molar-refractivity contribution is 0.379. The Morgan fingerprint density at radius 2 is 2.19 bits per heavy atom. The van der Waals surface area contributed by atoms with Gasteiger partial charge in [-0.2, -0.15) is 4.98 Å². The Morgan fingerprint density at radius 1 is 1.33 bits per heavy atom. The number of hydrogen-bond donors (Lipinski definition) is 2. The van der Waals surface area contributed by atoms with Gasteiger partial charge in [-0.25, -0.2) is 4.98 Å². The van der Waals surface area contributed by atoms with Crippen molar-refractivity contribution in [2.75, 3.05) is 11.9 Å². The van der Waals surface area contributed by atoms with Crippen molar-refractivity contribution in [3.8, 4) is 0 Å². The molecule has 2 aromatic heterocycles. The molecule has 21 heavy (non-hydrogen) atoms. The smallest absolute Gasteiger partial charge is 0.228 e. The van der Waals surface area contributed by atoms with Gasteiger partial charge < -0.3 is 15.6 Å². The van der Waals surface area contributed by atoms with Crippen molar-refractivity contribution in [2.24, 2.45) is 5.73 Å². The molecule has 0 aliphatic heterocycles. The van der Waals surface area contributed by atoms with Crippen molar-refractivity contribution in [3.05, 3.63) is 48.1 Å². The molecule has 1 aromatic carbocycles. The average molecular weight is 299 g/mol. The number of rotatable bonds is 5. The van der Waals surface area contributed by atoms with Crippen LogP contribution in [0.25, 0.3) is 10.9 Å². The SMILES string of the molecule is NC(=S)c1cc(NCCc2ncno2)nc2ccccc12. The number of thiocarbonyl (C=S) groups is 1. The minimum absolute atomic E-state index is 0.355. The van der Waals surface area contributed by atoms with Gasteiger partial charge >= 0.3 is 0 Å². The summed E-state index contributed by atoms with van der Waals surface area (Å²) in [5.41, 5.74) is 7.46. The molecule has 3 aromatic rings. The number of hydrogen-bond acceptors (Lipinski definition) is 6. The maximum absolute atomic E-state index is 5.80. The van der Waals surface area contributed by atoms with Crippen LogP contribution in [-0.4, -0.2) is 26.7 Å². The van der Waals surface area contributed by atoms with Crippen LogP contribution in [0.2, 0.25) is 0 Å². The summed E-state index contributed by atoms with van der Waals surface area (Å²) >= 11 is 5.12. The third-order valence-corrected chi connectivity index (χ3v) is 3.25. The molecule has 0 aliphatic rings. The van der Waals surface area contributed by atoms with Crippen molar-refractivity contribution < 1.29 is 4.52 Å². The normalized spacial score (nSPS) is 10.7. The van der Waals surface area contributed by atoms with Gasteiger partial charge in [0, 0.05) is 23.9 Å². The van der Waals surface area contributed by atoms with Gasteiger partial charge in [-0.3, -0.25) is 0 Å². The van der Waals surface area contributed by atoms with E-state index in [0.29, 0.717) is 23.8 Å². The highest BCUT2D eigenvalue weighted by Gasteiger charge is 2.08. The number of fused-ring (bicyclic) bond motifs is 1. The number of anilines is 1. The third-order valence-electron chi connectivity index (χ3n) is 3.03. The molecule has 7 heteroatoms. The molecule has 2 heterocycles. The van der Waals surface area contributed by atoms with Gasteiger partial charge in [-0.1, -0.05) is 35.6 Å². The fourth-order valence-electron chi connectivity index (χ4n) is 2.07. The Hall–Kier alpha value is -2.54. The molecule has 0 amide bonds. The van der Waals surface area contributed by atoms with Crippen molar-refractivity contribution in [1.82, 2.24) is 15.1 Å². The zero-order chi connectivity index (χ0) is 14.7. The quantitative estimate of drug-likeness (QED) is 0.695. The fraction of sp³-hybridized carbons (Fsp3) is 0.143. The highest BCUT2D eigenvalue weighted by molar-refractivity contribution is 7.80. The predicted molar refractivity (Wildman–Crippen MR) is 84.1 cm³/mol. The van der Waals surface area contributed by atoms with E-state index in [9.17, 15) is 0 Å². The average Bonchev–Trinajstić information content (AvgIpc) is 2.99. The second-order valence-electron chi connectivity index (χ2n) is 4.45. The summed E-state index contributed by atoms with van der Waals surface area (Å²) in [6.45, 7) is 0.629. The Balaban J connectivity index is 1.83. The molecular weight excluding hydrogens is 286 g/mol. The first-order valence-corrected chi connectivity index (χ1v) is 6.84. The summed E-state index contributed by atoms with van der Waals surface area (Å²) in [6, 6.07) is 9.62. The molecule has 0 saturated heterocycles. The number of nitrogens with zero attached hydrogens (tertiary/aromatic N) is 3. The number of benzene rings is 1. The largest absolute Gasteiger partial charge is 0.389 e. The van der Waals surface area contributed by atoms with Gasteiger partial charge in [0.05, 0.1) is 5.52 Å². The number of pyridine rings is 1. The van der Waals surface area contributed by atoms with Gasteiger partial charge in [-0.05, 0) is 12.1 Å². The van der Waals surface area contributed by atoms with E-state index < -0.39 is 0 Å². The molecule has 0 unspecified atom stereocenters. The van der Waals surface area contributed by atoms with E-state index in [0.717, 1.165) is 22.3 Å². The molecule has 0 fully saturated rings. The molecule has 0 atom stereocenters. The van der Waals surface area contributed by atoms with E-state index in [1.807, 2.05) is 30.3 Å². The summed E-state index contributed by atoms with van der Waals surface area (Å²) in [4.78, 5) is 8.86. The van der Waals surface area contributed by atoms with Crippen molar-refractivity contribution in [3.63, 3.8) is 0 Å². The maximum Gasteiger partial charge on any atom is 0.228 e. The van der Waals surface area contributed by atoms with E-state index in [2.05, 4.69) is 20.4 Å². The lowest BCUT2D eigenvalue weighted by Crippen LogP contribution is -2.13. The highest BCUT2D eigenvalue weighted by atomic mass is 32.1. The third kappa shape index (κ3) is 2.97. The summed E-state index contributed by atoms with van der Waals surface area (Å²) in [5, 5.41) is 7.73. The topological polar surface area (TPSA) is 89.9 Å². The lowest BCUT2D eigenvalue weighted by Gasteiger charge is -2.09. The van der Waals surface area contributed by atoms with Crippen LogP contribution in [0.5, 0.6) is 0 Å². The van der Waals surface area contributed by atoms with Crippen LogP contribution >= 0.6 is 12.2 Å². The molecule has 6 nitrogen and oxygen atoms in total. The molecule has 0 spiro atoms. The summed E-state index contributed by atoms with van der Waals surface area (Å²) in [6.07, 6.45) is 2.01. The highest BCUT2D eigenvalue weighted by Crippen LogP contribution is 2.20. The standard InChI is InChI=1S/C14H13N5OS/c15-14(21)10-7-12(16-6-5-13-17-8-18-20-13)19-11-4-2-1-3-9(10)11/h1-4,7-8H,5-6H2,(H2,15,21)(H,16,19). The fourth-order valence-corrected chi connectivity index (χ4v) is 2.24. The monoisotopic (exact) mass is 299 g/mol. The first kappa shape index (κ1) is 13.4. The van der Waals surface area contributed by atoms with Crippen LogP contribution in [-0.2, 0) is 6.42 Å². The van der Waals surface area contributed by atoms with Gasteiger partial charge in [0.15, 0.2) is 6.33 Å². The van der Waals surface area contributed by atoms with Crippen LogP contribution < -0.4 is 11.1 Å². The van der Waals surface area contributed by atoms with Crippen molar-refractivity contribution in [1.29, 1.82) is 0 Å². The molecule has 0 saturated carbocycles. The van der Waals surface area contributed by atoms with E-state index in [1.54, 1.807) is 0 Å². The van der Waals surface area contributed by atoms with Crippen LogP contribution in [0.1, 0.15) is 11.5 Å². The second kappa shape index (κ2) is 5.84. The Morgan fingerprint density at radius 3 is 2.95 bits per heavy atom. The van der Waals surface area contributed by atoms with Crippen LogP contribution in [0.3, 0.4) is 0 Å². The minimum Gasteiger partial charge on any atom is -0.389 e. The Labute approximate surface area is 126 Å². The van der Waals surface area contributed by atoms with Crippen molar-refractivity contribution in [2.45, 2.75) is 6.42 Å². The molecular formula is C14H13N5OS. The van der Waals surface area contributed by atoms with E-state index in [-0.39, 0.29) is 0 Å². The predicted octanol–water partition coefficient (Wildman–Crippen LogP) is 1.91. The summed E-state index contributed by atoms with van der Waals surface area (Å²) in [5.74, 6) is 1.30. The maximum atomic E-state index is 5.80. The van der Waals surface area contributed by atoms with Crippen LogP contribution in [0.4, 0.5) is 5.82 Å². The van der Waals surface area contributed by atoms with Gasteiger partial charge in [0.2, 0.25) is 5.89 Å². The molecule has 3 N–H and O–H groups in total. The second-order valence-corrected chi connectivity index (χ2v) is 4.89. The van der Waals surface area contributed by atoms with Crippen molar-refractivity contribution >= 4 is 33.9 Å². The molecule has 106 valence electrons. The van der Waals surface area contributed by atoms with Gasteiger partial charge in [0.25, 0.3) is 0 Å². The lowest BCUT2D eigenvalue weighted by atomic mass is 10.1. The van der Waals surface area contributed by atoms with E-state index in [1.165, 1.54) is 6.33 Å². The summed E-state index contributed by atoms with van der Waals surface area (Å²) in [7, 11) is 0. The summed E-state index contributed by atoms with van der Waals surface area (Å²) < 4.78 is 4.94. The number of aromatic nitrogens is 3. The number of nitrogens with two attached hydrogens (primary N) is 1. The zero-order valence-electron chi connectivity index (χ0n) is 11.1. The number of nitrogens with one attached hydrogen (secondary N) is 1.